The van der Waals surface area contributed by atoms with Crippen LogP contribution in [-0.2, 0) is 11.2 Å². The number of unbranched alkanes of at least 4 members (excludes halogenated alkanes) is 3. The standard InChI is InChI=1S/C19H27NO2/c1-2-3-4-5-7-15-9-11-16(12-10-15)18(21)14-17-8-6-13-20-19(17)22/h9-12,17H,2-8,13-14H2,1H3,(H,20,22)/t17-/m0/s1. The first-order valence-corrected chi connectivity index (χ1v) is 8.60. The molecular formula is C19H27NO2. The zero-order chi connectivity index (χ0) is 15.8. The fourth-order valence-electron chi connectivity index (χ4n) is 2.99. The summed E-state index contributed by atoms with van der Waals surface area (Å²) < 4.78 is 0. The molecule has 3 heteroatoms. The van der Waals surface area contributed by atoms with Gasteiger partial charge in [-0.25, -0.2) is 0 Å². The average molecular weight is 301 g/mol. The number of hydrogen-bond acceptors (Lipinski definition) is 2. The lowest BCUT2D eigenvalue weighted by Gasteiger charge is -2.21. The first kappa shape index (κ1) is 16.7. The van der Waals surface area contributed by atoms with Crippen molar-refractivity contribution in [2.45, 2.75) is 58.3 Å². The highest BCUT2D eigenvalue weighted by molar-refractivity contribution is 5.98. The minimum Gasteiger partial charge on any atom is -0.356 e. The molecule has 1 fully saturated rings. The lowest BCUT2D eigenvalue weighted by atomic mass is 9.91. The summed E-state index contributed by atoms with van der Waals surface area (Å²) >= 11 is 0. The molecule has 1 saturated heterocycles. The van der Waals surface area contributed by atoms with Gasteiger partial charge in [0.05, 0.1) is 0 Å². The molecule has 120 valence electrons. The molecule has 1 atom stereocenters. The first-order chi connectivity index (χ1) is 10.7. The highest BCUT2D eigenvalue weighted by Gasteiger charge is 2.24. The van der Waals surface area contributed by atoms with Gasteiger partial charge in [-0.05, 0) is 31.2 Å². The Bertz CT molecular complexity index is 493. The smallest absolute Gasteiger partial charge is 0.223 e. The number of carbonyl (C=O) groups excluding carboxylic acids is 2. The summed E-state index contributed by atoms with van der Waals surface area (Å²) in [6.07, 6.45) is 8.24. The molecule has 0 saturated carbocycles. The number of rotatable bonds is 8. The number of aryl methyl sites for hydroxylation is 1. The van der Waals surface area contributed by atoms with Crippen molar-refractivity contribution in [2.24, 2.45) is 5.92 Å². The Labute approximate surface area is 133 Å². The first-order valence-electron chi connectivity index (χ1n) is 8.60. The zero-order valence-corrected chi connectivity index (χ0v) is 13.6. The maximum absolute atomic E-state index is 12.3. The summed E-state index contributed by atoms with van der Waals surface area (Å²) in [4.78, 5) is 24.0. The van der Waals surface area contributed by atoms with E-state index in [0.29, 0.717) is 6.42 Å². The van der Waals surface area contributed by atoms with Gasteiger partial charge < -0.3 is 5.32 Å². The Morgan fingerprint density at radius 1 is 1.18 bits per heavy atom. The van der Waals surface area contributed by atoms with Crippen molar-refractivity contribution in [1.82, 2.24) is 5.32 Å². The van der Waals surface area contributed by atoms with E-state index in [1.54, 1.807) is 0 Å². The number of benzene rings is 1. The minimum absolute atomic E-state index is 0.0344. The van der Waals surface area contributed by atoms with Gasteiger partial charge in [0.15, 0.2) is 5.78 Å². The van der Waals surface area contributed by atoms with E-state index in [4.69, 9.17) is 0 Å². The maximum Gasteiger partial charge on any atom is 0.223 e. The molecule has 1 amide bonds. The van der Waals surface area contributed by atoms with Crippen LogP contribution in [0.2, 0.25) is 0 Å². The van der Waals surface area contributed by atoms with Crippen LogP contribution in [-0.4, -0.2) is 18.2 Å². The molecule has 1 aliphatic heterocycles. The number of Topliss-reactive ketones (excluding diaryl/α,β-unsaturated/α-hetero) is 1. The summed E-state index contributed by atoms with van der Waals surface area (Å²) in [7, 11) is 0. The van der Waals surface area contributed by atoms with Crippen LogP contribution in [0.3, 0.4) is 0 Å². The van der Waals surface area contributed by atoms with Crippen LogP contribution in [0, 0.1) is 5.92 Å². The van der Waals surface area contributed by atoms with Crippen LogP contribution < -0.4 is 5.32 Å². The summed E-state index contributed by atoms with van der Waals surface area (Å²) in [5.74, 6) is -0.0262. The van der Waals surface area contributed by atoms with Gasteiger partial charge in [0, 0.05) is 24.4 Å². The third-order valence-electron chi connectivity index (χ3n) is 4.43. The van der Waals surface area contributed by atoms with Gasteiger partial charge in [0.1, 0.15) is 0 Å². The van der Waals surface area contributed by atoms with E-state index >= 15 is 0 Å². The van der Waals surface area contributed by atoms with Crippen LogP contribution in [0.25, 0.3) is 0 Å². The van der Waals surface area contributed by atoms with E-state index in [2.05, 4.69) is 24.4 Å². The molecule has 1 aliphatic rings. The van der Waals surface area contributed by atoms with Crippen molar-refractivity contribution in [3.8, 4) is 0 Å². The highest BCUT2D eigenvalue weighted by atomic mass is 16.2. The van der Waals surface area contributed by atoms with Crippen molar-refractivity contribution in [1.29, 1.82) is 0 Å². The van der Waals surface area contributed by atoms with Crippen LogP contribution in [0.1, 0.15) is 67.8 Å². The SMILES string of the molecule is CCCCCCc1ccc(C(=O)C[C@@H]2CCCNC2=O)cc1. The summed E-state index contributed by atoms with van der Waals surface area (Å²) in [5.41, 5.74) is 2.03. The fourth-order valence-corrected chi connectivity index (χ4v) is 2.99. The lowest BCUT2D eigenvalue weighted by Crippen LogP contribution is -2.37. The molecule has 1 N–H and O–H groups in total. The second-order valence-corrected chi connectivity index (χ2v) is 6.27. The van der Waals surface area contributed by atoms with Crippen LogP contribution in [0.5, 0.6) is 0 Å². The molecule has 0 bridgehead atoms. The Balaban J connectivity index is 1.84. The highest BCUT2D eigenvalue weighted by Crippen LogP contribution is 2.19. The van der Waals surface area contributed by atoms with E-state index in [-0.39, 0.29) is 17.6 Å². The summed E-state index contributed by atoms with van der Waals surface area (Å²) in [6, 6.07) is 7.94. The van der Waals surface area contributed by atoms with E-state index in [9.17, 15) is 9.59 Å². The van der Waals surface area contributed by atoms with E-state index in [1.807, 2.05) is 12.1 Å². The van der Waals surface area contributed by atoms with Gasteiger partial charge in [-0.2, -0.15) is 0 Å². The van der Waals surface area contributed by atoms with Gasteiger partial charge in [0.2, 0.25) is 5.91 Å². The number of piperidine rings is 1. The number of carbonyl (C=O) groups is 2. The lowest BCUT2D eigenvalue weighted by molar-refractivity contribution is -0.126. The van der Waals surface area contributed by atoms with Gasteiger partial charge in [-0.3, -0.25) is 9.59 Å². The predicted molar refractivity (Wildman–Crippen MR) is 89.0 cm³/mol. The van der Waals surface area contributed by atoms with Gasteiger partial charge >= 0.3 is 0 Å². The van der Waals surface area contributed by atoms with Gasteiger partial charge in [0.25, 0.3) is 0 Å². The molecule has 0 aromatic heterocycles. The third kappa shape index (κ3) is 4.97. The fraction of sp³-hybridized carbons (Fsp3) is 0.579. The van der Waals surface area contributed by atoms with E-state index in [1.165, 1.54) is 31.2 Å². The second-order valence-electron chi connectivity index (χ2n) is 6.27. The topological polar surface area (TPSA) is 46.2 Å². The number of hydrogen-bond donors (Lipinski definition) is 1. The molecular weight excluding hydrogens is 274 g/mol. The van der Waals surface area contributed by atoms with Crippen LogP contribution in [0.4, 0.5) is 0 Å². The monoisotopic (exact) mass is 301 g/mol. The third-order valence-corrected chi connectivity index (χ3v) is 4.43. The molecule has 0 spiro atoms. The van der Waals surface area contributed by atoms with Crippen molar-refractivity contribution in [3.63, 3.8) is 0 Å². The Morgan fingerprint density at radius 2 is 1.95 bits per heavy atom. The predicted octanol–water partition coefficient (Wildman–Crippen LogP) is 3.91. The van der Waals surface area contributed by atoms with Crippen molar-refractivity contribution >= 4 is 11.7 Å². The molecule has 1 aromatic rings. The van der Waals surface area contributed by atoms with Gasteiger partial charge in [-0.15, -0.1) is 0 Å². The van der Waals surface area contributed by atoms with Crippen molar-refractivity contribution < 1.29 is 9.59 Å². The molecule has 3 nitrogen and oxygen atoms in total. The number of ketones is 1. The largest absolute Gasteiger partial charge is 0.356 e. The molecule has 2 rings (SSSR count). The summed E-state index contributed by atoms with van der Waals surface area (Å²) in [5, 5.41) is 2.84. The molecule has 22 heavy (non-hydrogen) atoms. The van der Waals surface area contributed by atoms with Gasteiger partial charge in [-0.1, -0.05) is 50.5 Å². The van der Waals surface area contributed by atoms with E-state index < -0.39 is 0 Å². The Morgan fingerprint density at radius 3 is 2.64 bits per heavy atom. The summed E-state index contributed by atoms with van der Waals surface area (Å²) in [6.45, 7) is 2.96. The quantitative estimate of drug-likeness (QED) is 0.584. The molecule has 0 radical (unpaired) electrons. The zero-order valence-electron chi connectivity index (χ0n) is 13.6. The molecule has 0 aliphatic carbocycles. The molecule has 0 unspecified atom stereocenters. The minimum atomic E-state index is -0.144. The molecule has 1 heterocycles. The van der Waals surface area contributed by atoms with E-state index in [0.717, 1.165) is 31.4 Å². The Kier molecular flexibility index (Phi) is 6.63. The second kappa shape index (κ2) is 8.72. The van der Waals surface area contributed by atoms with Crippen molar-refractivity contribution in [2.75, 3.05) is 6.54 Å². The molecule has 1 aromatic carbocycles. The van der Waals surface area contributed by atoms with Crippen molar-refractivity contribution in [3.05, 3.63) is 35.4 Å². The average Bonchev–Trinajstić information content (AvgIpc) is 2.54. The number of amides is 1. The van der Waals surface area contributed by atoms with Crippen LogP contribution in [0.15, 0.2) is 24.3 Å². The van der Waals surface area contributed by atoms with Crippen LogP contribution >= 0.6 is 0 Å². The maximum atomic E-state index is 12.3. The Hall–Kier alpha value is -1.64. The normalized spacial score (nSPS) is 18.0. The number of nitrogens with one attached hydrogen (secondary N) is 1.